The van der Waals surface area contributed by atoms with Crippen molar-refractivity contribution in [2.24, 2.45) is 0 Å². The Labute approximate surface area is 178 Å². The molecule has 0 saturated carbocycles. The van der Waals surface area contributed by atoms with Crippen LogP contribution in [0.3, 0.4) is 0 Å². The number of carbonyl (C=O) groups is 1. The van der Waals surface area contributed by atoms with Gasteiger partial charge in [0.1, 0.15) is 17.5 Å². The highest BCUT2D eigenvalue weighted by molar-refractivity contribution is 7.92. The summed E-state index contributed by atoms with van der Waals surface area (Å²) >= 11 is 0. The number of hydrogen-bond acceptors (Lipinski definition) is 5. The van der Waals surface area contributed by atoms with E-state index in [1.165, 1.54) is 0 Å². The molecule has 1 N–H and O–H groups in total. The van der Waals surface area contributed by atoms with Crippen molar-refractivity contribution in [2.75, 3.05) is 30.7 Å². The Balaban J connectivity index is 1.72. The summed E-state index contributed by atoms with van der Waals surface area (Å²) < 4.78 is 31.9. The number of ether oxygens (including phenoxy) is 1. The van der Waals surface area contributed by atoms with Gasteiger partial charge in [0.25, 0.3) is 0 Å². The number of nitrogens with zero attached hydrogens (tertiary/aromatic N) is 2. The second-order valence-corrected chi connectivity index (χ2v) is 9.59. The average Bonchev–Trinajstić information content (AvgIpc) is 2.71. The molecule has 1 atom stereocenters. The van der Waals surface area contributed by atoms with Crippen LogP contribution in [0.25, 0.3) is 0 Å². The number of rotatable bonds is 7. The van der Waals surface area contributed by atoms with Crippen LogP contribution in [-0.4, -0.2) is 57.7 Å². The van der Waals surface area contributed by atoms with Gasteiger partial charge in [0.15, 0.2) is 0 Å². The first-order chi connectivity index (χ1) is 14.2. The highest BCUT2D eigenvalue weighted by Crippen LogP contribution is 2.27. The van der Waals surface area contributed by atoms with E-state index in [1.54, 1.807) is 31.2 Å². The van der Waals surface area contributed by atoms with Crippen molar-refractivity contribution in [1.82, 2.24) is 10.2 Å². The lowest BCUT2D eigenvalue weighted by molar-refractivity contribution is -0.122. The predicted octanol–water partition coefficient (Wildman–Crippen LogP) is 2.84. The van der Waals surface area contributed by atoms with E-state index in [9.17, 15) is 13.2 Å². The summed E-state index contributed by atoms with van der Waals surface area (Å²) in [6.45, 7) is 3.44. The lowest BCUT2D eigenvalue weighted by Gasteiger charge is -2.33. The number of likely N-dealkylation sites (tertiary alicyclic amines) is 1. The number of carbonyl (C=O) groups excluding carboxylic acids is 1. The van der Waals surface area contributed by atoms with Gasteiger partial charge in [-0.1, -0.05) is 18.2 Å². The number of sulfonamides is 1. The van der Waals surface area contributed by atoms with E-state index in [4.69, 9.17) is 4.74 Å². The second kappa shape index (κ2) is 9.49. The molecule has 1 fully saturated rings. The largest absolute Gasteiger partial charge is 0.457 e. The summed E-state index contributed by atoms with van der Waals surface area (Å²) in [7, 11) is -1.61. The Kier molecular flexibility index (Phi) is 6.99. The lowest BCUT2D eigenvalue weighted by atomic mass is 10.1. The standard InChI is InChI=1S/C22H29N3O4S/c1-17(22(26)23-18-13-15-24(2)16-14-18)25(30(3,27)28)19-9-11-21(12-10-19)29-20-7-5-4-6-8-20/h4-12,17-18H,13-16H2,1-3H3,(H,23,26)/t17-/m0/s1. The molecule has 7 nitrogen and oxygen atoms in total. The molecule has 0 spiro atoms. The normalized spacial score (nSPS) is 16.6. The molecule has 0 aromatic heterocycles. The van der Waals surface area contributed by atoms with Crippen molar-refractivity contribution in [1.29, 1.82) is 0 Å². The zero-order chi connectivity index (χ0) is 21.7. The number of benzene rings is 2. The van der Waals surface area contributed by atoms with Gasteiger partial charge in [-0.05, 0) is 76.3 Å². The SMILES string of the molecule is C[C@@H](C(=O)NC1CCN(C)CC1)N(c1ccc(Oc2ccccc2)cc1)S(C)(=O)=O. The first-order valence-corrected chi connectivity index (χ1v) is 11.9. The van der Waals surface area contributed by atoms with E-state index in [2.05, 4.69) is 17.3 Å². The number of piperidine rings is 1. The highest BCUT2D eigenvalue weighted by Gasteiger charge is 2.30. The number of para-hydroxylation sites is 1. The van der Waals surface area contributed by atoms with Gasteiger partial charge in [-0.15, -0.1) is 0 Å². The van der Waals surface area contributed by atoms with E-state index in [0.717, 1.165) is 36.5 Å². The summed E-state index contributed by atoms with van der Waals surface area (Å²) in [5, 5.41) is 3.01. The third-order valence-corrected chi connectivity index (χ3v) is 6.47. The topological polar surface area (TPSA) is 79.0 Å². The van der Waals surface area contributed by atoms with E-state index < -0.39 is 16.1 Å². The third-order valence-electron chi connectivity index (χ3n) is 5.22. The number of nitrogens with one attached hydrogen (secondary N) is 1. The molecule has 0 aliphatic carbocycles. The monoisotopic (exact) mass is 431 g/mol. The molecule has 162 valence electrons. The van der Waals surface area contributed by atoms with Gasteiger partial charge in [-0.2, -0.15) is 0 Å². The molecular formula is C22H29N3O4S. The molecule has 1 saturated heterocycles. The molecule has 2 aromatic rings. The minimum absolute atomic E-state index is 0.0687. The molecular weight excluding hydrogens is 402 g/mol. The minimum atomic E-state index is -3.66. The van der Waals surface area contributed by atoms with E-state index in [0.29, 0.717) is 17.2 Å². The Morgan fingerprint density at radius 1 is 1.07 bits per heavy atom. The molecule has 0 radical (unpaired) electrons. The minimum Gasteiger partial charge on any atom is -0.457 e. The molecule has 1 aliphatic rings. The number of amides is 1. The predicted molar refractivity (Wildman–Crippen MR) is 118 cm³/mol. The molecule has 1 aliphatic heterocycles. The van der Waals surface area contributed by atoms with Crippen LogP contribution in [0.5, 0.6) is 11.5 Å². The molecule has 2 aromatic carbocycles. The fraction of sp³-hybridized carbons (Fsp3) is 0.409. The summed E-state index contributed by atoms with van der Waals surface area (Å²) in [6.07, 6.45) is 2.83. The van der Waals surface area contributed by atoms with Gasteiger partial charge in [0, 0.05) is 6.04 Å². The van der Waals surface area contributed by atoms with Crippen molar-refractivity contribution in [2.45, 2.75) is 31.8 Å². The summed E-state index contributed by atoms with van der Waals surface area (Å²) in [4.78, 5) is 15.0. The van der Waals surface area contributed by atoms with Crippen LogP contribution < -0.4 is 14.4 Å². The summed E-state index contributed by atoms with van der Waals surface area (Å²) in [5.41, 5.74) is 0.420. The van der Waals surface area contributed by atoms with Gasteiger partial charge in [-0.25, -0.2) is 8.42 Å². The van der Waals surface area contributed by atoms with E-state index >= 15 is 0 Å². The van der Waals surface area contributed by atoms with Crippen molar-refractivity contribution in [3.05, 3.63) is 54.6 Å². The van der Waals surface area contributed by atoms with Crippen LogP contribution in [0.4, 0.5) is 5.69 Å². The van der Waals surface area contributed by atoms with Crippen molar-refractivity contribution < 1.29 is 17.9 Å². The van der Waals surface area contributed by atoms with Crippen LogP contribution in [0, 0.1) is 0 Å². The summed E-state index contributed by atoms with van der Waals surface area (Å²) in [5.74, 6) is 0.984. The van der Waals surface area contributed by atoms with Crippen molar-refractivity contribution in [3.8, 4) is 11.5 Å². The Morgan fingerprint density at radius 2 is 1.63 bits per heavy atom. The fourth-order valence-electron chi connectivity index (χ4n) is 3.57. The fourth-order valence-corrected chi connectivity index (χ4v) is 4.74. The first-order valence-electron chi connectivity index (χ1n) is 10.1. The zero-order valence-corrected chi connectivity index (χ0v) is 18.4. The zero-order valence-electron chi connectivity index (χ0n) is 17.6. The Hall–Kier alpha value is -2.58. The van der Waals surface area contributed by atoms with Crippen LogP contribution in [0.15, 0.2) is 54.6 Å². The maximum Gasteiger partial charge on any atom is 0.243 e. The van der Waals surface area contributed by atoms with Crippen LogP contribution in [-0.2, 0) is 14.8 Å². The van der Waals surface area contributed by atoms with Crippen LogP contribution >= 0.6 is 0 Å². The maximum atomic E-state index is 12.8. The Bertz CT molecular complexity index is 940. The third kappa shape index (κ3) is 5.73. The lowest BCUT2D eigenvalue weighted by Crippen LogP contribution is -2.52. The van der Waals surface area contributed by atoms with Crippen LogP contribution in [0.1, 0.15) is 19.8 Å². The Morgan fingerprint density at radius 3 is 2.20 bits per heavy atom. The summed E-state index contributed by atoms with van der Waals surface area (Å²) in [6, 6.07) is 15.2. The quantitative estimate of drug-likeness (QED) is 0.729. The van der Waals surface area contributed by atoms with Crippen molar-refractivity contribution in [3.63, 3.8) is 0 Å². The molecule has 0 unspecified atom stereocenters. The molecule has 1 amide bonds. The molecule has 0 bridgehead atoms. The number of hydrogen-bond donors (Lipinski definition) is 1. The highest BCUT2D eigenvalue weighted by atomic mass is 32.2. The van der Waals surface area contributed by atoms with Gasteiger partial charge in [-0.3, -0.25) is 9.10 Å². The first kappa shape index (κ1) is 22.1. The molecule has 8 heteroatoms. The van der Waals surface area contributed by atoms with Gasteiger partial charge < -0.3 is 15.0 Å². The molecule has 1 heterocycles. The van der Waals surface area contributed by atoms with E-state index in [-0.39, 0.29) is 11.9 Å². The molecule has 30 heavy (non-hydrogen) atoms. The van der Waals surface area contributed by atoms with Crippen LogP contribution in [0.2, 0.25) is 0 Å². The average molecular weight is 432 g/mol. The van der Waals surface area contributed by atoms with Crippen molar-refractivity contribution >= 4 is 21.6 Å². The molecule has 3 rings (SSSR count). The van der Waals surface area contributed by atoms with Gasteiger partial charge in [0.05, 0.1) is 11.9 Å². The van der Waals surface area contributed by atoms with E-state index in [1.807, 2.05) is 30.3 Å². The smallest absolute Gasteiger partial charge is 0.243 e. The van der Waals surface area contributed by atoms with Gasteiger partial charge >= 0.3 is 0 Å². The van der Waals surface area contributed by atoms with Gasteiger partial charge in [0.2, 0.25) is 15.9 Å². The second-order valence-electron chi connectivity index (χ2n) is 7.73. The maximum absolute atomic E-state index is 12.8. The number of anilines is 1.